The van der Waals surface area contributed by atoms with Crippen LogP contribution >= 0.6 is 0 Å². The first-order chi connectivity index (χ1) is 2.50. The van der Waals surface area contributed by atoms with E-state index in [1.165, 1.54) is 0 Å². The molecule has 48 valence electrons. The summed E-state index contributed by atoms with van der Waals surface area (Å²) in [6.07, 6.45) is 10.0. The van der Waals surface area contributed by atoms with Gasteiger partial charge in [-0.1, -0.05) is 0 Å². The van der Waals surface area contributed by atoms with Gasteiger partial charge in [0.2, 0.25) is 0 Å². The molecule has 0 bridgehead atoms. The first-order valence-corrected chi connectivity index (χ1v) is 1.72. The van der Waals surface area contributed by atoms with Crippen LogP contribution in [0.25, 0.3) is 0 Å². The summed E-state index contributed by atoms with van der Waals surface area (Å²) in [4.78, 5) is 0. The van der Waals surface area contributed by atoms with Crippen LogP contribution in [0.2, 0.25) is 0 Å². The molecule has 0 saturated carbocycles. The van der Waals surface area contributed by atoms with Gasteiger partial charge in [-0.15, -0.1) is 6.42 Å². The average molecular weight is 511 g/mol. The van der Waals surface area contributed by atoms with Crippen LogP contribution in [-0.4, -0.2) is 0 Å². The molecule has 0 fully saturated rings. The summed E-state index contributed by atoms with van der Waals surface area (Å²) in [5.41, 5.74) is 0. The van der Waals surface area contributed by atoms with Crippen molar-refractivity contribution in [3.05, 3.63) is 24.3 Å². The van der Waals surface area contributed by atoms with E-state index in [2.05, 4.69) is 12.2 Å². The second-order valence-electron chi connectivity index (χ2n) is 1.00. The van der Waals surface area contributed by atoms with E-state index in [1.807, 2.05) is 12.2 Å². The maximum atomic E-state index is 2.99. The summed E-state index contributed by atoms with van der Waals surface area (Å²) in [7, 11) is 0. The molecule has 0 radical (unpaired) electrons. The number of allylic oxidation sites excluding steroid dienone is 4. The van der Waals surface area contributed by atoms with E-state index < -0.39 is 0 Å². The van der Waals surface area contributed by atoms with Gasteiger partial charge < -0.3 is 48.0 Å². The average Bonchev–Trinajstić information content (AvgIpc) is 1.76. The molecule has 0 aromatic heterocycles. The van der Waals surface area contributed by atoms with Crippen molar-refractivity contribution in [2.45, 2.75) is 6.42 Å². The summed E-state index contributed by atoms with van der Waals surface area (Å²) >= 11 is 0. The van der Waals surface area contributed by atoms with Crippen molar-refractivity contribution in [1.82, 2.24) is 0 Å². The fourth-order valence-corrected chi connectivity index (χ4v) is 0.340. The fraction of sp³-hybridized carbons (Fsp3) is 0.200. The summed E-state index contributed by atoms with van der Waals surface area (Å²) in [5.74, 6) is 0. The van der Waals surface area contributed by atoms with Crippen LogP contribution in [0.3, 0.4) is 0 Å². The molecule has 0 heterocycles. The van der Waals surface area contributed by atoms with Gasteiger partial charge in [-0.3, -0.25) is 6.08 Å². The number of rotatable bonds is 0. The number of hydrogen-bond acceptors (Lipinski definition) is 0. The van der Waals surface area contributed by atoms with E-state index in [0.29, 0.717) is 0 Å². The van der Waals surface area contributed by atoms with Gasteiger partial charge in [0.25, 0.3) is 0 Å². The van der Waals surface area contributed by atoms with E-state index in [9.17, 15) is 0 Å². The largest absolute Gasteiger partial charge is 3.00 e. The topological polar surface area (TPSA) is 0 Å². The third-order valence-corrected chi connectivity index (χ3v) is 0.586. The molecule has 0 aromatic carbocycles. The molecule has 1 aliphatic rings. The Kier molecular flexibility index (Phi) is 23.2. The van der Waals surface area contributed by atoms with Crippen molar-refractivity contribution < 1.29 is 68.1 Å². The molecule has 0 aliphatic heterocycles. The molecule has 0 aromatic rings. The number of hydrogen-bond donors (Lipinski definition) is 0. The quantitative estimate of drug-likeness (QED) is 0.227. The van der Waals surface area contributed by atoms with E-state index in [1.54, 1.807) is 0 Å². The van der Waals surface area contributed by atoms with Gasteiger partial charge in [-0.25, -0.2) is 12.2 Å². The second kappa shape index (κ2) is 11.4. The first-order valence-electron chi connectivity index (χ1n) is 1.72. The monoisotopic (exact) mass is 512 g/mol. The van der Waals surface area contributed by atoms with E-state index in [0.717, 1.165) is 6.42 Å². The van der Waals surface area contributed by atoms with E-state index >= 15 is 0 Å². The minimum atomic E-state index is 0. The molecule has 0 spiro atoms. The predicted molar refractivity (Wildman–Crippen MR) is 21.6 cm³/mol. The van der Waals surface area contributed by atoms with Crippen LogP contribution < -0.4 is 48.0 Å². The van der Waals surface area contributed by atoms with E-state index in [4.69, 9.17) is 0 Å². The molecule has 0 unspecified atom stereocenters. The van der Waals surface area contributed by atoms with Crippen LogP contribution in [-0.2, 0) is 20.1 Å². The van der Waals surface area contributed by atoms with Crippen LogP contribution in [0, 0.1) is 6.08 Å². The van der Waals surface area contributed by atoms with Gasteiger partial charge in [0.05, 0.1) is 0 Å². The van der Waals surface area contributed by atoms with Crippen LogP contribution in [0.5, 0.6) is 0 Å². The molecular weight excluding hydrogens is 506 g/mol. The first kappa shape index (κ1) is 16.3. The predicted octanol–water partition coefficient (Wildman–Crippen LogP) is -4.69. The Morgan fingerprint density at radius 1 is 1.25 bits per heavy atom. The molecule has 0 nitrogen and oxygen atoms in total. The molecule has 0 saturated heterocycles. The van der Waals surface area contributed by atoms with Crippen LogP contribution in [0.4, 0.5) is 0 Å². The summed E-state index contributed by atoms with van der Waals surface area (Å²) in [6, 6.07) is 0. The van der Waals surface area contributed by atoms with Crippen molar-refractivity contribution in [2.75, 3.05) is 0 Å². The maximum Gasteiger partial charge on any atom is 3.00 e. The molecular formula is C5H5I2Ir. The van der Waals surface area contributed by atoms with E-state index in [-0.39, 0.29) is 68.1 Å². The molecule has 3 heteroatoms. The Morgan fingerprint density at radius 3 is 2.00 bits per heavy atom. The number of halogens is 2. The molecule has 0 atom stereocenters. The summed E-state index contributed by atoms with van der Waals surface area (Å²) < 4.78 is 0. The van der Waals surface area contributed by atoms with Crippen molar-refractivity contribution >= 4 is 0 Å². The Hall–Kier alpha value is 1.59. The smallest absolute Gasteiger partial charge is 1.00 e. The SMILES string of the molecule is [C-]1=CC=CC1.[I-].[I-].[Ir+3]. The maximum absolute atomic E-state index is 2.99. The fourth-order valence-electron chi connectivity index (χ4n) is 0.340. The molecule has 0 amide bonds. The second-order valence-corrected chi connectivity index (χ2v) is 1.00. The van der Waals surface area contributed by atoms with Gasteiger partial charge in [0.1, 0.15) is 0 Å². The van der Waals surface area contributed by atoms with Gasteiger partial charge >= 0.3 is 20.1 Å². The van der Waals surface area contributed by atoms with Gasteiger partial charge in [-0.2, -0.15) is 6.08 Å². The Labute approximate surface area is 97.6 Å². The van der Waals surface area contributed by atoms with Crippen LogP contribution in [0.1, 0.15) is 6.42 Å². The summed E-state index contributed by atoms with van der Waals surface area (Å²) in [5, 5.41) is 0. The Bertz CT molecular complexity index is 68.5. The molecule has 0 N–H and O–H groups in total. The minimum absolute atomic E-state index is 0. The normalized spacial score (nSPS) is 11.0. The van der Waals surface area contributed by atoms with Crippen molar-refractivity contribution in [3.63, 3.8) is 0 Å². The summed E-state index contributed by atoms with van der Waals surface area (Å²) in [6.45, 7) is 0. The van der Waals surface area contributed by atoms with Gasteiger partial charge in [0, 0.05) is 0 Å². The zero-order chi connectivity index (χ0) is 3.54. The van der Waals surface area contributed by atoms with Crippen molar-refractivity contribution in [3.8, 4) is 0 Å². The molecule has 1 rings (SSSR count). The zero-order valence-corrected chi connectivity index (χ0v) is 10.7. The minimum Gasteiger partial charge on any atom is -1.00 e. The third kappa shape index (κ3) is 7.59. The molecule has 8 heavy (non-hydrogen) atoms. The standard InChI is InChI=1S/C5H5.2HI.Ir/c1-2-4-5-3-1;;;/h1-3H,4H2;2*1H;/q-1;;;+3/p-2. The van der Waals surface area contributed by atoms with Crippen molar-refractivity contribution in [2.24, 2.45) is 0 Å². The van der Waals surface area contributed by atoms with Gasteiger partial charge in [0.15, 0.2) is 0 Å². The third-order valence-electron chi connectivity index (χ3n) is 0.586. The molecule has 1 aliphatic carbocycles. The van der Waals surface area contributed by atoms with Crippen LogP contribution in [0.15, 0.2) is 18.2 Å². The van der Waals surface area contributed by atoms with Gasteiger partial charge in [-0.05, 0) is 0 Å². The Balaban J connectivity index is -0.0000000833. The van der Waals surface area contributed by atoms with Crippen molar-refractivity contribution in [1.29, 1.82) is 0 Å². The Morgan fingerprint density at radius 2 is 1.88 bits per heavy atom. The zero-order valence-electron chi connectivity index (χ0n) is 4.03.